The molecule has 9 nitrogen and oxygen atoms in total. The fraction of sp³-hybridized carbons (Fsp3) is 0.364. The summed E-state index contributed by atoms with van der Waals surface area (Å²) in [5.41, 5.74) is -0.0736. The summed E-state index contributed by atoms with van der Waals surface area (Å²) in [6.07, 6.45) is -11.3. The van der Waals surface area contributed by atoms with Crippen molar-refractivity contribution in [2.45, 2.75) is 25.4 Å². The number of hydrogen-bond acceptors (Lipinski definition) is 9. The summed E-state index contributed by atoms with van der Waals surface area (Å²) < 4.78 is 123. The number of rotatable bonds is 7. The summed E-state index contributed by atoms with van der Waals surface area (Å²) in [6, 6.07) is 7.60. The summed E-state index contributed by atoms with van der Waals surface area (Å²) in [5.74, 6) is -4.16. The van der Waals surface area contributed by atoms with Gasteiger partial charge in [-0.25, -0.2) is 12.8 Å². The molecule has 212 valence electrons. The lowest BCUT2D eigenvalue weighted by molar-refractivity contribution is -0.274. The van der Waals surface area contributed by atoms with Crippen molar-refractivity contribution in [2.24, 2.45) is 0 Å². The van der Waals surface area contributed by atoms with E-state index in [2.05, 4.69) is 19.4 Å². The Morgan fingerprint density at radius 2 is 1.67 bits per heavy atom. The van der Waals surface area contributed by atoms with Gasteiger partial charge < -0.3 is 19.2 Å². The Kier molecular flexibility index (Phi) is 7.77. The zero-order valence-electron chi connectivity index (χ0n) is 19.6. The molecule has 1 N–H and O–H groups in total. The normalized spacial score (nSPS) is 17.1. The first kappa shape index (κ1) is 28.6. The van der Waals surface area contributed by atoms with E-state index >= 15 is 4.39 Å². The van der Waals surface area contributed by atoms with Crippen LogP contribution in [0.4, 0.5) is 36.4 Å². The quantitative estimate of drug-likeness (QED) is 0.328. The van der Waals surface area contributed by atoms with E-state index in [0.29, 0.717) is 0 Å². The van der Waals surface area contributed by atoms with Crippen LogP contribution in [0.25, 0.3) is 11.5 Å². The molecule has 0 saturated carbocycles. The van der Waals surface area contributed by atoms with Gasteiger partial charge in [0, 0.05) is 36.4 Å². The van der Waals surface area contributed by atoms with Crippen LogP contribution in [0, 0.1) is 5.82 Å². The Bertz CT molecular complexity index is 1400. The molecule has 4 rings (SSSR count). The van der Waals surface area contributed by atoms with Crippen molar-refractivity contribution < 1.29 is 53.4 Å². The maximum Gasteiger partial charge on any atom is 0.573 e. The molecule has 1 fully saturated rings. The first-order chi connectivity index (χ1) is 18.1. The molecule has 1 aromatic heterocycles. The van der Waals surface area contributed by atoms with Crippen molar-refractivity contribution in [3.63, 3.8) is 0 Å². The average Bonchev–Trinajstić information content (AvgIpc) is 3.34. The van der Waals surface area contributed by atoms with Gasteiger partial charge in [-0.15, -0.1) is 23.4 Å². The van der Waals surface area contributed by atoms with Crippen LogP contribution in [-0.4, -0.2) is 65.9 Å². The molecule has 0 bridgehead atoms. The lowest BCUT2D eigenvalue weighted by Gasteiger charge is -2.39. The zero-order chi connectivity index (χ0) is 28.6. The average molecular weight is 584 g/mol. The van der Waals surface area contributed by atoms with Crippen LogP contribution in [0.3, 0.4) is 0 Å². The topological polar surface area (TPSA) is 109 Å². The standard InChI is InChI=1S/C22H19F7N4O5S/c23-17-11-13(18-30-31-19(37-18)21(24,25)26)1-2-14(17)12-33(20(34)32-7-9-39(35,36)10-8-32)15-3-5-16(6-4-15)38-22(27,28)29/h1-6,11,20,34H,7-10,12H2. The molecule has 0 amide bonds. The molecule has 1 aliphatic rings. The predicted molar refractivity (Wildman–Crippen MR) is 120 cm³/mol. The van der Waals surface area contributed by atoms with E-state index in [1.807, 2.05) is 0 Å². The Balaban J connectivity index is 1.61. The lowest BCUT2D eigenvalue weighted by atomic mass is 10.1. The number of nitrogens with zero attached hydrogens (tertiary/aromatic N) is 4. The SMILES string of the molecule is O=S1(=O)CCN(C(O)N(Cc2ccc(-c3nnc(C(F)(F)F)o3)cc2F)c2ccc(OC(F)(F)F)cc2)CC1. The summed E-state index contributed by atoms with van der Waals surface area (Å²) in [5, 5.41) is 17.2. The Hall–Kier alpha value is -3.44. The Morgan fingerprint density at radius 1 is 1.03 bits per heavy atom. The monoisotopic (exact) mass is 584 g/mol. The molecular weight excluding hydrogens is 565 g/mol. The molecule has 1 saturated heterocycles. The second-order valence-corrected chi connectivity index (χ2v) is 10.7. The number of hydrogen-bond donors (Lipinski definition) is 1. The van der Waals surface area contributed by atoms with Crippen molar-refractivity contribution in [2.75, 3.05) is 29.5 Å². The highest BCUT2D eigenvalue weighted by atomic mass is 32.2. The minimum atomic E-state index is -4.94. The molecule has 39 heavy (non-hydrogen) atoms. The summed E-state index contributed by atoms with van der Waals surface area (Å²) in [6.45, 7) is -0.488. The highest BCUT2D eigenvalue weighted by Gasteiger charge is 2.38. The fourth-order valence-electron chi connectivity index (χ4n) is 3.75. The Labute approximate surface area is 216 Å². The number of sulfone groups is 1. The minimum absolute atomic E-state index is 0.0601. The van der Waals surface area contributed by atoms with Crippen LogP contribution in [-0.2, 0) is 22.6 Å². The zero-order valence-corrected chi connectivity index (χ0v) is 20.4. The molecule has 2 heterocycles. The predicted octanol–water partition coefficient (Wildman–Crippen LogP) is 3.81. The second kappa shape index (κ2) is 10.6. The van der Waals surface area contributed by atoms with Gasteiger partial charge in [0.2, 0.25) is 5.89 Å². The number of ether oxygens (including phenoxy) is 1. The van der Waals surface area contributed by atoms with Crippen LogP contribution in [0.5, 0.6) is 5.75 Å². The molecule has 3 aromatic rings. The van der Waals surface area contributed by atoms with Crippen molar-refractivity contribution in [3.05, 3.63) is 59.7 Å². The Morgan fingerprint density at radius 3 is 2.21 bits per heavy atom. The van der Waals surface area contributed by atoms with Crippen molar-refractivity contribution >= 4 is 15.5 Å². The maximum atomic E-state index is 15.1. The number of aliphatic hydroxyl groups excluding tert-OH is 1. The number of aromatic nitrogens is 2. The number of anilines is 1. The molecule has 0 aliphatic carbocycles. The van der Waals surface area contributed by atoms with Crippen LogP contribution in [0.15, 0.2) is 46.9 Å². The summed E-state index contributed by atoms with van der Waals surface area (Å²) >= 11 is 0. The van der Waals surface area contributed by atoms with E-state index in [-0.39, 0.29) is 48.0 Å². The van der Waals surface area contributed by atoms with E-state index in [1.165, 1.54) is 34.1 Å². The molecule has 0 spiro atoms. The minimum Gasteiger partial charge on any atom is -0.413 e. The van der Waals surface area contributed by atoms with Gasteiger partial charge in [0.25, 0.3) is 0 Å². The number of alkyl halides is 6. The molecule has 1 unspecified atom stereocenters. The van der Waals surface area contributed by atoms with E-state index in [4.69, 9.17) is 0 Å². The summed E-state index contributed by atoms with van der Waals surface area (Å²) in [4.78, 5) is 2.60. The van der Waals surface area contributed by atoms with Gasteiger partial charge >= 0.3 is 18.4 Å². The van der Waals surface area contributed by atoms with Crippen molar-refractivity contribution in [1.82, 2.24) is 15.1 Å². The van der Waals surface area contributed by atoms with Crippen LogP contribution in [0.2, 0.25) is 0 Å². The highest BCUT2D eigenvalue weighted by Crippen LogP contribution is 2.32. The molecule has 1 aliphatic heterocycles. The summed E-state index contributed by atoms with van der Waals surface area (Å²) in [7, 11) is -3.31. The van der Waals surface area contributed by atoms with Crippen molar-refractivity contribution in [3.8, 4) is 17.2 Å². The maximum absolute atomic E-state index is 15.1. The third kappa shape index (κ3) is 7.15. The third-order valence-corrected chi connectivity index (χ3v) is 7.30. The lowest BCUT2D eigenvalue weighted by Crippen LogP contribution is -2.53. The molecule has 1 atom stereocenters. The van der Waals surface area contributed by atoms with E-state index < -0.39 is 52.1 Å². The largest absolute Gasteiger partial charge is 0.573 e. The van der Waals surface area contributed by atoms with Gasteiger partial charge in [-0.2, -0.15) is 13.2 Å². The highest BCUT2D eigenvalue weighted by molar-refractivity contribution is 7.91. The van der Waals surface area contributed by atoms with Gasteiger partial charge in [-0.05, 0) is 36.4 Å². The number of aliphatic hydroxyl groups is 1. The third-order valence-electron chi connectivity index (χ3n) is 5.69. The van der Waals surface area contributed by atoms with E-state index in [1.54, 1.807) is 0 Å². The number of halogens is 7. The number of benzene rings is 2. The van der Waals surface area contributed by atoms with Crippen LogP contribution in [0.1, 0.15) is 11.5 Å². The van der Waals surface area contributed by atoms with E-state index in [0.717, 1.165) is 18.2 Å². The van der Waals surface area contributed by atoms with Gasteiger partial charge in [-0.1, -0.05) is 6.07 Å². The smallest absolute Gasteiger partial charge is 0.413 e. The molecule has 0 radical (unpaired) electrons. The van der Waals surface area contributed by atoms with Gasteiger partial charge in [0.1, 0.15) is 11.6 Å². The van der Waals surface area contributed by atoms with Crippen LogP contribution < -0.4 is 9.64 Å². The fourth-order valence-corrected chi connectivity index (χ4v) is 4.98. The van der Waals surface area contributed by atoms with Crippen molar-refractivity contribution in [1.29, 1.82) is 0 Å². The van der Waals surface area contributed by atoms with Gasteiger partial charge in [-0.3, -0.25) is 4.90 Å². The molecule has 2 aromatic carbocycles. The van der Waals surface area contributed by atoms with Gasteiger partial charge in [0.15, 0.2) is 16.2 Å². The van der Waals surface area contributed by atoms with Crippen LogP contribution >= 0.6 is 0 Å². The molecular formula is C22H19F7N4O5S. The first-order valence-electron chi connectivity index (χ1n) is 11.1. The second-order valence-electron chi connectivity index (χ2n) is 8.42. The first-order valence-corrected chi connectivity index (χ1v) is 12.9. The van der Waals surface area contributed by atoms with E-state index in [9.17, 15) is 39.9 Å². The van der Waals surface area contributed by atoms with Gasteiger partial charge in [0.05, 0.1) is 11.5 Å². The molecule has 17 heteroatoms.